The number of piperidine rings is 1. The number of hydrogen-bond donors (Lipinski definition) is 1. The van der Waals surface area contributed by atoms with Crippen LogP contribution in [0.5, 0.6) is 0 Å². The van der Waals surface area contributed by atoms with Crippen LogP contribution in [0.4, 0.5) is 5.69 Å². The highest BCUT2D eigenvalue weighted by molar-refractivity contribution is 5.96. The normalized spacial score (nSPS) is 29.6. The number of hydrogen-bond acceptors (Lipinski definition) is 2. The molecule has 1 heterocycles. The third kappa shape index (κ3) is 2.73. The SMILES string of the molecule is CN(C(=O)C1CCC2CCCCC2N1)c1ccccc1. The number of nitrogens with zero attached hydrogens (tertiary/aromatic N) is 1. The molecule has 3 atom stereocenters. The number of carbonyl (C=O) groups excluding carboxylic acids is 1. The number of likely N-dealkylation sites (N-methyl/N-ethyl adjacent to an activating group) is 1. The van der Waals surface area contributed by atoms with Crippen LogP contribution in [0.15, 0.2) is 30.3 Å². The average Bonchev–Trinajstić information content (AvgIpc) is 2.54. The zero-order valence-corrected chi connectivity index (χ0v) is 12.2. The summed E-state index contributed by atoms with van der Waals surface area (Å²) in [7, 11) is 1.88. The van der Waals surface area contributed by atoms with E-state index >= 15 is 0 Å². The Morgan fingerprint density at radius 1 is 1.10 bits per heavy atom. The lowest BCUT2D eigenvalue weighted by molar-refractivity contribution is -0.121. The van der Waals surface area contributed by atoms with Crippen LogP contribution in [0.25, 0.3) is 0 Å². The van der Waals surface area contributed by atoms with Crippen molar-refractivity contribution in [3.63, 3.8) is 0 Å². The molecule has 1 aromatic rings. The number of anilines is 1. The standard InChI is InChI=1S/C17H24N2O/c1-19(14-8-3-2-4-9-14)17(20)16-12-11-13-7-5-6-10-15(13)18-16/h2-4,8-9,13,15-16,18H,5-7,10-12H2,1H3. The first kappa shape index (κ1) is 13.6. The van der Waals surface area contributed by atoms with Gasteiger partial charge >= 0.3 is 0 Å². The molecule has 1 aliphatic heterocycles. The van der Waals surface area contributed by atoms with Crippen molar-refractivity contribution in [3.8, 4) is 0 Å². The highest BCUT2D eigenvalue weighted by Crippen LogP contribution is 2.32. The van der Waals surface area contributed by atoms with Crippen LogP contribution >= 0.6 is 0 Å². The summed E-state index contributed by atoms with van der Waals surface area (Å²) in [6, 6.07) is 10.5. The Bertz CT molecular complexity index is 459. The van der Waals surface area contributed by atoms with Crippen LogP contribution in [-0.4, -0.2) is 25.0 Å². The van der Waals surface area contributed by atoms with E-state index in [1.54, 1.807) is 4.90 Å². The second-order valence-corrected chi connectivity index (χ2v) is 6.18. The molecule has 0 radical (unpaired) electrons. The molecule has 3 nitrogen and oxygen atoms in total. The van der Waals surface area contributed by atoms with Gasteiger partial charge in [-0.15, -0.1) is 0 Å². The predicted octanol–water partition coefficient (Wildman–Crippen LogP) is 2.96. The van der Waals surface area contributed by atoms with Gasteiger partial charge < -0.3 is 10.2 Å². The fourth-order valence-corrected chi connectivity index (χ4v) is 3.70. The van der Waals surface area contributed by atoms with Gasteiger partial charge in [-0.25, -0.2) is 0 Å². The van der Waals surface area contributed by atoms with Gasteiger partial charge in [0.15, 0.2) is 0 Å². The van der Waals surface area contributed by atoms with Crippen molar-refractivity contribution in [1.29, 1.82) is 0 Å². The molecule has 0 aromatic heterocycles. The maximum absolute atomic E-state index is 12.6. The Balaban J connectivity index is 1.65. The van der Waals surface area contributed by atoms with E-state index in [-0.39, 0.29) is 11.9 Å². The van der Waals surface area contributed by atoms with Gasteiger partial charge in [0.25, 0.3) is 0 Å². The van der Waals surface area contributed by atoms with Crippen molar-refractivity contribution in [2.45, 2.75) is 50.6 Å². The summed E-state index contributed by atoms with van der Waals surface area (Å²) in [4.78, 5) is 14.4. The largest absolute Gasteiger partial charge is 0.314 e. The number of para-hydroxylation sites is 1. The Morgan fingerprint density at radius 3 is 2.65 bits per heavy atom. The Labute approximate surface area is 121 Å². The molecule has 2 aliphatic rings. The van der Waals surface area contributed by atoms with Crippen molar-refractivity contribution in [1.82, 2.24) is 5.32 Å². The van der Waals surface area contributed by atoms with E-state index in [0.29, 0.717) is 6.04 Å². The summed E-state index contributed by atoms with van der Waals surface area (Å²) < 4.78 is 0. The number of fused-ring (bicyclic) bond motifs is 1. The first-order chi connectivity index (χ1) is 9.75. The van der Waals surface area contributed by atoms with Crippen LogP contribution in [0.2, 0.25) is 0 Å². The van der Waals surface area contributed by atoms with Gasteiger partial charge in [0.2, 0.25) is 5.91 Å². The molecule has 1 N–H and O–H groups in total. The Kier molecular flexibility index (Phi) is 4.06. The predicted molar refractivity (Wildman–Crippen MR) is 81.8 cm³/mol. The fraction of sp³-hybridized carbons (Fsp3) is 0.588. The first-order valence-corrected chi connectivity index (χ1v) is 7.84. The maximum atomic E-state index is 12.6. The molecule has 108 valence electrons. The molecule has 3 heteroatoms. The molecule has 1 saturated carbocycles. The molecule has 1 aliphatic carbocycles. The van der Waals surface area contributed by atoms with E-state index < -0.39 is 0 Å². The quantitative estimate of drug-likeness (QED) is 0.897. The van der Waals surface area contributed by atoms with E-state index in [0.717, 1.165) is 18.0 Å². The number of amides is 1. The minimum atomic E-state index is -0.000411. The molecule has 1 amide bonds. The van der Waals surface area contributed by atoms with Crippen LogP contribution in [0, 0.1) is 5.92 Å². The molecule has 0 spiro atoms. The lowest BCUT2D eigenvalue weighted by Crippen LogP contribution is -2.55. The van der Waals surface area contributed by atoms with Crippen molar-refractivity contribution in [2.75, 3.05) is 11.9 Å². The average molecular weight is 272 g/mol. The zero-order valence-electron chi connectivity index (χ0n) is 12.2. The molecule has 2 fully saturated rings. The molecule has 20 heavy (non-hydrogen) atoms. The highest BCUT2D eigenvalue weighted by Gasteiger charge is 2.35. The summed E-state index contributed by atoms with van der Waals surface area (Å²) in [6.07, 6.45) is 7.44. The van der Waals surface area contributed by atoms with Gasteiger partial charge in [-0.1, -0.05) is 31.0 Å². The van der Waals surface area contributed by atoms with E-state index in [1.807, 2.05) is 37.4 Å². The van der Waals surface area contributed by atoms with Crippen LogP contribution in [-0.2, 0) is 4.79 Å². The molecule has 1 aromatic carbocycles. The number of nitrogens with one attached hydrogen (secondary N) is 1. The van der Waals surface area contributed by atoms with Crippen molar-refractivity contribution in [2.24, 2.45) is 5.92 Å². The minimum Gasteiger partial charge on any atom is -0.314 e. The molecule has 3 unspecified atom stereocenters. The summed E-state index contributed by atoms with van der Waals surface area (Å²) in [5.74, 6) is 1.01. The van der Waals surface area contributed by atoms with E-state index in [9.17, 15) is 4.79 Å². The summed E-state index contributed by atoms with van der Waals surface area (Å²) in [5, 5.41) is 3.61. The molecular weight excluding hydrogens is 248 g/mol. The van der Waals surface area contributed by atoms with Gasteiger partial charge in [-0.3, -0.25) is 4.79 Å². The topological polar surface area (TPSA) is 32.3 Å². The van der Waals surface area contributed by atoms with E-state index in [1.165, 1.54) is 32.1 Å². The van der Waals surface area contributed by atoms with E-state index in [2.05, 4.69) is 5.32 Å². The minimum absolute atomic E-state index is 0.000411. The molecular formula is C17H24N2O. The monoisotopic (exact) mass is 272 g/mol. The third-order valence-corrected chi connectivity index (χ3v) is 4.92. The van der Waals surface area contributed by atoms with Crippen molar-refractivity contribution < 1.29 is 4.79 Å². The van der Waals surface area contributed by atoms with Gasteiger partial charge in [-0.2, -0.15) is 0 Å². The van der Waals surface area contributed by atoms with Gasteiger partial charge in [0.05, 0.1) is 6.04 Å². The van der Waals surface area contributed by atoms with Crippen molar-refractivity contribution in [3.05, 3.63) is 30.3 Å². The number of carbonyl (C=O) groups is 1. The second kappa shape index (κ2) is 5.96. The lowest BCUT2D eigenvalue weighted by Gasteiger charge is -2.40. The second-order valence-electron chi connectivity index (χ2n) is 6.18. The van der Waals surface area contributed by atoms with Gasteiger partial charge in [-0.05, 0) is 43.7 Å². The molecule has 3 rings (SSSR count). The Hall–Kier alpha value is -1.35. The Morgan fingerprint density at radius 2 is 1.85 bits per heavy atom. The zero-order chi connectivity index (χ0) is 13.9. The van der Waals surface area contributed by atoms with Crippen molar-refractivity contribution >= 4 is 11.6 Å². The number of benzene rings is 1. The molecule has 0 bridgehead atoms. The number of rotatable bonds is 2. The van der Waals surface area contributed by atoms with Gasteiger partial charge in [0.1, 0.15) is 0 Å². The lowest BCUT2D eigenvalue weighted by atomic mass is 9.77. The smallest absolute Gasteiger partial charge is 0.243 e. The fourth-order valence-electron chi connectivity index (χ4n) is 3.70. The van der Waals surface area contributed by atoms with Gasteiger partial charge in [0, 0.05) is 18.8 Å². The summed E-state index contributed by atoms with van der Waals surface area (Å²) >= 11 is 0. The first-order valence-electron chi connectivity index (χ1n) is 7.84. The van der Waals surface area contributed by atoms with Crippen LogP contribution in [0.1, 0.15) is 38.5 Å². The summed E-state index contributed by atoms with van der Waals surface area (Å²) in [5.41, 5.74) is 0.977. The van der Waals surface area contributed by atoms with Crippen LogP contribution < -0.4 is 10.2 Å². The third-order valence-electron chi connectivity index (χ3n) is 4.92. The molecule has 1 saturated heterocycles. The van der Waals surface area contributed by atoms with E-state index in [4.69, 9.17) is 0 Å². The maximum Gasteiger partial charge on any atom is 0.243 e. The summed E-state index contributed by atoms with van der Waals surface area (Å²) in [6.45, 7) is 0. The van der Waals surface area contributed by atoms with Crippen LogP contribution in [0.3, 0.4) is 0 Å². The highest BCUT2D eigenvalue weighted by atomic mass is 16.2.